The third-order valence-electron chi connectivity index (χ3n) is 7.02. The van der Waals surface area contributed by atoms with Crippen LogP contribution in [0.5, 0.6) is 0 Å². The van der Waals surface area contributed by atoms with Crippen LogP contribution < -0.4 is 5.32 Å². The van der Waals surface area contributed by atoms with Crippen LogP contribution in [-0.2, 0) is 24.0 Å². The molecule has 5 rings (SSSR count). The number of hydrogen-bond acceptors (Lipinski definition) is 7. The zero-order chi connectivity index (χ0) is 21.1. The number of amides is 3. The minimum atomic E-state index is -0.660. The Morgan fingerprint density at radius 1 is 0.967 bits per heavy atom. The minimum absolute atomic E-state index is 0.0268. The van der Waals surface area contributed by atoms with Crippen molar-refractivity contribution < 1.29 is 24.0 Å². The van der Waals surface area contributed by atoms with Gasteiger partial charge in [-0.25, -0.2) is 4.79 Å². The van der Waals surface area contributed by atoms with Crippen LogP contribution in [0.2, 0.25) is 0 Å². The van der Waals surface area contributed by atoms with Gasteiger partial charge in [0, 0.05) is 19.4 Å². The Kier molecular flexibility index (Phi) is 6.97. The predicted octanol–water partition coefficient (Wildman–Crippen LogP) is 3.09. The van der Waals surface area contributed by atoms with Gasteiger partial charge in [-0.2, -0.15) is 0 Å². The van der Waals surface area contributed by atoms with E-state index in [1.165, 1.54) is 66.5 Å². The number of nitrogens with zero attached hydrogens (tertiary/aromatic N) is 1. The van der Waals surface area contributed by atoms with Gasteiger partial charge in [-0.3, -0.25) is 14.4 Å². The van der Waals surface area contributed by atoms with E-state index in [-0.39, 0.29) is 30.3 Å². The standard InChI is InChI=1S/C21H30N2O5S2/c24-17(12-29-30-13-20(27)28-23-18(25)2-3-19(23)26)22-5-1-4-21-9-14-6-15(10-21)8-16(7-14)11-21/h14-16H,1-13H2,(H,22,24). The summed E-state index contributed by atoms with van der Waals surface area (Å²) in [5, 5.41) is 3.53. The molecular weight excluding hydrogens is 424 g/mol. The minimum Gasteiger partial charge on any atom is -0.355 e. The molecule has 1 N–H and O–H groups in total. The first-order valence-corrected chi connectivity index (χ1v) is 13.5. The molecule has 5 aliphatic rings. The SMILES string of the molecule is O=C(CSSCC(=O)ON1C(=O)CCC1=O)NCCCC12CC3CC(CC(C3)C1)C2. The summed E-state index contributed by atoms with van der Waals surface area (Å²) in [5.74, 6) is 1.46. The first-order chi connectivity index (χ1) is 14.4. The van der Waals surface area contributed by atoms with E-state index in [1.807, 2.05) is 0 Å². The van der Waals surface area contributed by atoms with Crippen LogP contribution in [0.25, 0.3) is 0 Å². The molecule has 9 heteroatoms. The van der Waals surface area contributed by atoms with Crippen molar-refractivity contribution >= 4 is 45.3 Å². The highest BCUT2D eigenvalue weighted by atomic mass is 33.1. The van der Waals surface area contributed by atoms with Gasteiger partial charge >= 0.3 is 5.97 Å². The molecule has 0 aromatic carbocycles. The molecule has 0 atom stereocenters. The lowest BCUT2D eigenvalue weighted by atomic mass is 9.48. The van der Waals surface area contributed by atoms with Gasteiger partial charge in [0.2, 0.25) is 5.91 Å². The van der Waals surface area contributed by atoms with Crippen LogP contribution in [0.15, 0.2) is 0 Å². The van der Waals surface area contributed by atoms with E-state index in [0.717, 1.165) is 24.2 Å². The van der Waals surface area contributed by atoms with Crippen molar-refractivity contribution in [2.75, 3.05) is 18.1 Å². The van der Waals surface area contributed by atoms with Gasteiger partial charge in [0.05, 0.1) is 5.75 Å². The molecule has 1 heterocycles. The Hall–Kier alpha value is -1.22. The van der Waals surface area contributed by atoms with Crippen LogP contribution in [0, 0.1) is 23.2 Å². The van der Waals surface area contributed by atoms with Gasteiger partial charge in [0.1, 0.15) is 5.75 Å². The quantitative estimate of drug-likeness (QED) is 0.308. The number of nitrogens with one attached hydrogen (secondary N) is 1. The molecule has 0 unspecified atom stereocenters. The molecule has 30 heavy (non-hydrogen) atoms. The summed E-state index contributed by atoms with van der Waals surface area (Å²) < 4.78 is 0. The first kappa shape index (κ1) is 22.0. The molecule has 3 amide bonds. The molecule has 7 nitrogen and oxygen atoms in total. The summed E-state index contributed by atoms with van der Waals surface area (Å²) in [6, 6.07) is 0. The van der Waals surface area contributed by atoms with Crippen LogP contribution >= 0.6 is 21.6 Å². The number of rotatable bonds is 10. The third-order valence-corrected chi connectivity index (χ3v) is 9.13. The average Bonchev–Trinajstić information content (AvgIpc) is 2.99. The number of carbonyl (C=O) groups is 4. The van der Waals surface area contributed by atoms with Crippen LogP contribution in [-0.4, -0.2) is 46.8 Å². The van der Waals surface area contributed by atoms with Crippen molar-refractivity contribution in [2.24, 2.45) is 23.2 Å². The molecule has 0 aromatic heterocycles. The first-order valence-electron chi connectivity index (χ1n) is 11.0. The number of imide groups is 1. The van der Waals surface area contributed by atoms with E-state index in [0.29, 0.717) is 17.0 Å². The van der Waals surface area contributed by atoms with Crippen LogP contribution in [0.3, 0.4) is 0 Å². The Morgan fingerprint density at radius 2 is 1.53 bits per heavy atom. The largest absolute Gasteiger partial charge is 0.355 e. The zero-order valence-corrected chi connectivity index (χ0v) is 18.9. The second-order valence-electron chi connectivity index (χ2n) is 9.44. The second-order valence-corrected chi connectivity index (χ2v) is 11.9. The van der Waals surface area contributed by atoms with Crippen molar-refractivity contribution in [1.82, 2.24) is 10.4 Å². The maximum atomic E-state index is 12.0. The Labute approximate surface area is 185 Å². The van der Waals surface area contributed by atoms with Crippen molar-refractivity contribution in [3.63, 3.8) is 0 Å². The highest BCUT2D eigenvalue weighted by Gasteiger charge is 2.50. The van der Waals surface area contributed by atoms with Gasteiger partial charge in [0.25, 0.3) is 11.8 Å². The molecule has 1 aliphatic heterocycles. The summed E-state index contributed by atoms with van der Waals surface area (Å²) in [7, 11) is 2.46. The van der Waals surface area contributed by atoms with Crippen molar-refractivity contribution in [3.8, 4) is 0 Å². The van der Waals surface area contributed by atoms with E-state index in [9.17, 15) is 19.2 Å². The maximum Gasteiger partial charge on any atom is 0.343 e. The molecular formula is C21H30N2O5S2. The normalized spacial score (nSPS) is 32.0. The molecule has 0 spiro atoms. The maximum absolute atomic E-state index is 12.0. The van der Waals surface area contributed by atoms with Crippen LogP contribution in [0.1, 0.15) is 64.2 Å². The van der Waals surface area contributed by atoms with Gasteiger partial charge in [-0.05, 0) is 74.5 Å². The lowest BCUT2D eigenvalue weighted by Crippen LogP contribution is -2.46. The highest BCUT2D eigenvalue weighted by Crippen LogP contribution is 2.61. The summed E-state index contributed by atoms with van der Waals surface area (Å²) in [6.07, 6.45) is 11.0. The summed E-state index contributed by atoms with van der Waals surface area (Å²) in [6.45, 7) is 0.715. The summed E-state index contributed by atoms with van der Waals surface area (Å²) >= 11 is 0. The molecule has 5 fully saturated rings. The highest BCUT2D eigenvalue weighted by molar-refractivity contribution is 8.77. The molecule has 0 aromatic rings. The lowest BCUT2D eigenvalue weighted by Gasteiger charge is -2.57. The zero-order valence-electron chi connectivity index (χ0n) is 17.2. The monoisotopic (exact) mass is 454 g/mol. The number of hydrogen-bond donors (Lipinski definition) is 1. The van der Waals surface area contributed by atoms with Crippen molar-refractivity contribution in [3.05, 3.63) is 0 Å². The van der Waals surface area contributed by atoms with E-state index in [1.54, 1.807) is 0 Å². The molecule has 1 saturated heterocycles. The predicted molar refractivity (Wildman–Crippen MR) is 115 cm³/mol. The van der Waals surface area contributed by atoms with E-state index in [2.05, 4.69) is 5.32 Å². The van der Waals surface area contributed by atoms with E-state index >= 15 is 0 Å². The van der Waals surface area contributed by atoms with Crippen molar-refractivity contribution in [1.29, 1.82) is 0 Å². The Bertz CT molecular complexity index is 662. The second kappa shape index (κ2) is 9.51. The lowest BCUT2D eigenvalue weighted by molar-refractivity contribution is -0.195. The fourth-order valence-corrected chi connectivity index (χ4v) is 7.94. The fourth-order valence-electron chi connectivity index (χ4n) is 6.31. The fraction of sp³-hybridized carbons (Fsp3) is 0.810. The molecule has 166 valence electrons. The summed E-state index contributed by atoms with van der Waals surface area (Å²) in [5.41, 5.74) is 0.558. The van der Waals surface area contributed by atoms with Crippen LogP contribution in [0.4, 0.5) is 0 Å². The number of carbonyl (C=O) groups excluding carboxylic acids is 4. The Morgan fingerprint density at radius 3 is 2.13 bits per heavy atom. The third kappa shape index (κ3) is 5.33. The summed E-state index contributed by atoms with van der Waals surface area (Å²) in [4.78, 5) is 51.3. The molecule has 4 bridgehead atoms. The number of hydroxylamine groups is 2. The molecule has 4 saturated carbocycles. The van der Waals surface area contributed by atoms with E-state index < -0.39 is 17.8 Å². The Balaban J connectivity index is 1.05. The van der Waals surface area contributed by atoms with Gasteiger partial charge in [-0.1, -0.05) is 21.6 Å². The van der Waals surface area contributed by atoms with E-state index in [4.69, 9.17) is 4.84 Å². The van der Waals surface area contributed by atoms with Gasteiger partial charge in [-0.15, -0.1) is 5.06 Å². The average molecular weight is 455 g/mol. The molecule has 0 radical (unpaired) electrons. The van der Waals surface area contributed by atoms with Crippen molar-refractivity contribution in [2.45, 2.75) is 64.2 Å². The molecule has 4 aliphatic carbocycles. The van der Waals surface area contributed by atoms with Gasteiger partial charge < -0.3 is 10.2 Å². The smallest absolute Gasteiger partial charge is 0.343 e. The topological polar surface area (TPSA) is 92.8 Å². The van der Waals surface area contributed by atoms with Gasteiger partial charge in [0.15, 0.2) is 0 Å².